The number of hydrogen-bond acceptors (Lipinski definition) is 1. The number of benzene rings is 2. The van der Waals surface area contributed by atoms with E-state index in [-0.39, 0.29) is 17.1 Å². The van der Waals surface area contributed by atoms with E-state index < -0.39 is 0 Å². The van der Waals surface area contributed by atoms with Gasteiger partial charge in [0.15, 0.2) is 0 Å². The van der Waals surface area contributed by atoms with Gasteiger partial charge in [0.05, 0.1) is 6.42 Å². The van der Waals surface area contributed by atoms with Crippen LogP contribution < -0.4 is 5.32 Å². The molecule has 5 heteroatoms. The molecule has 27 heavy (non-hydrogen) atoms. The Kier molecular flexibility index (Phi) is 3.57. The number of carbonyl (C=O) groups excluding carboxylic acids is 1. The number of fused-ring (bicyclic) bond motifs is 2. The molecule has 0 aliphatic heterocycles. The first-order chi connectivity index (χ1) is 13.1. The van der Waals surface area contributed by atoms with Gasteiger partial charge in [0, 0.05) is 46.2 Å². The highest BCUT2D eigenvalue weighted by atomic mass is 19.1. The molecule has 0 unspecified atom stereocenters. The second-order valence-electron chi connectivity index (χ2n) is 7.49. The summed E-state index contributed by atoms with van der Waals surface area (Å²) in [6, 6.07) is 12.8. The molecule has 0 radical (unpaired) electrons. The maximum absolute atomic E-state index is 13.4. The van der Waals surface area contributed by atoms with Crippen LogP contribution in [-0.2, 0) is 16.6 Å². The minimum Gasteiger partial charge on any atom is -0.361 e. The lowest BCUT2D eigenvalue weighted by atomic mass is 9.95. The highest BCUT2D eigenvalue weighted by Crippen LogP contribution is 2.50. The monoisotopic (exact) mass is 361 g/mol. The fourth-order valence-electron chi connectivity index (χ4n) is 4.01. The second-order valence-corrected chi connectivity index (χ2v) is 7.49. The minimum absolute atomic E-state index is 0.0249. The van der Waals surface area contributed by atoms with Gasteiger partial charge >= 0.3 is 0 Å². The molecular weight excluding hydrogens is 341 g/mol. The van der Waals surface area contributed by atoms with Crippen LogP contribution in [-0.4, -0.2) is 22.4 Å². The molecule has 4 aromatic rings. The lowest BCUT2D eigenvalue weighted by Crippen LogP contribution is -2.33. The number of aromatic amines is 2. The van der Waals surface area contributed by atoms with Crippen LogP contribution in [0.1, 0.15) is 24.0 Å². The van der Waals surface area contributed by atoms with E-state index in [1.165, 1.54) is 17.7 Å². The predicted octanol–water partition coefficient (Wildman–Crippen LogP) is 4.18. The largest absolute Gasteiger partial charge is 0.361 e. The van der Waals surface area contributed by atoms with Gasteiger partial charge in [-0.2, -0.15) is 0 Å². The van der Waals surface area contributed by atoms with Gasteiger partial charge in [-0.05, 0) is 48.2 Å². The number of hydrogen-bond donors (Lipinski definition) is 3. The van der Waals surface area contributed by atoms with Crippen LogP contribution in [0.4, 0.5) is 4.39 Å². The van der Waals surface area contributed by atoms with Gasteiger partial charge < -0.3 is 15.3 Å². The standard InChI is InChI=1S/C22H20FN3O/c23-15-5-6-17-18(12-25-20(17)10-15)22(7-8-22)13-26-21(27)9-14-11-24-19-4-2-1-3-16(14)19/h1-6,10-12,24-25H,7-9,13H2,(H,26,27). The van der Waals surface area contributed by atoms with Crippen molar-refractivity contribution in [2.75, 3.05) is 6.54 Å². The first kappa shape index (κ1) is 16.1. The van der Waals surface area contributed by atoms with Crippen LogP contribution in [0.25, 0.3) is 21.8 Å². The summed E-state index contributed by atoms with van der Waals surface area (Å²) in [5, 5.41) is 5.24. The van der Waals surface area contributed by atoms with Crippen LogP contribution in [0.5, 0.6) is 0 Å². The molecule has 136 valence electrons. The van der Waals surface area contributed by atoms with Crippen molar-refractivity contribution in [1.29, 1.82) is 0 Å². The third-order valence-electron chi connectivity index (χ3n) is 5.72. The summed E-state index contributed by atoms with van der Waals surface area (Å²) in [4.78, 5) is 18.9. The Labute approximate surface area is 155 Å². The number of nitrogens with one attached hydrogen (secondary N) is 3. The summed E-state index contributed by atoms with van der Waals surface area (Å²) in [6.07, 6.45) is 6.29. The van der Waals surface area contributed by atoms with Crippen LogP contribution in [0.2, 0.25) is 0 Å². The van der Waals surface area contributed by atoms with Crippen molar-refractivity contribution in [2.45, 2.75) is 24.7 Å². The fourth-order valence-corrected chi connectivity index (χ4v) is 4.01. The first-order valence-electron chi connectivity index (χ1n) is 9.23. The van der Waals surface area contributed by atoms with Gasteiger partial charge in [0.1, 0.15) is 5.82 Å². The second kappa shape index (κ2) is 5.98. The number of H-pyrrole nitrogens is 2. The topological polar surface area (TPSA) is 60.7 Å². The number of rotatable bonds is 5. The molecule has 3 N–H and O–H groups in total. The highest BCUT2D eigenvalue weighted by molar-refractivity contribution is 5.89. The Balaban J connectivity index is 1.31. The molecule has 1 amide bonds. The van der Waals surface area contributed by atoms with E-state index in [0.29, 0.717) is 13.0 Å². The zero-order chi connectivity index (χ0) is 18.4. The van der Waals surface area contributed by atoms with Crippen molar-refractivity contribution < 1.29 is 9.18 Å². The molecule has 0 saturated heterocycles. The predicted molar refractivity (Wildman–Crippen MR) is 104 cm³/mol. The van der Waals surface area contributed by atoms with Gasteiger partial charge in [0.25, 0.3) is 0 Å². The van der Waals surface area contributed by atoms with Crippen molar-refractivity contribution in [1.82, 2.24) is 15.3 Å². The maximum Gasteiger partial charge on any atom is 0.224 e. The summed E-state index contributed by atoms with van der Waals surface area (Å²) in [5.74, 6) is -0.218. The molecule has 0 atom stereocenters. The summed E-state index contributed by atoms with van der Waals surface area (Å²) >= 11 is 0. The molecule has 0 spiro atoms. The Hall–Kier alpha value is -3.08. The summed E-state index contributed by atoms with van der Waals surface area (Å²) in [6.45, 7) is 0.610. The molecule has 4 nitrogen and oxygen atoms in total. The Morgan fingerprint density at radius 2 is 1.85 bits per heavy atom. The third-order valence-corrected chi connectivity index (χ3v) is 5.72. The average molecular weight is 361 g/mol. The van der Waals surface area contributed by atoms with Crippen molar-refractivity contribution >= 4 is 27.7 Å². The number of halogens is 1. The van der Waals surface area contributed by atoms with Crippen molar-refractivity contribution in [3.8, 4) is 0 Å². The van der Waals surface area contributed by atoms with Crippen LogP contribution in [0, 0.1) is 5.82 Å². The smallest absolute Gasteiger partial charge is 0.224 e. The van der Waals surface area contributed by atoms with Gasteiger partial charge in [-0.3, -0.25) is 4.79 Å². The summed E-state index contributed by atoms with van der Waals surface area (Å²) < 4.78 is 13.4. The fraction of sp³-hybridized carbons (Fsp3) is 0.227. The van der Waals surface area contributed by atoms with Gasteiger partial charge in [-0.1, -0.05) is 18.2 Å². The summed E-state index contributed by atoms with van der Waals surface area (Å²) in [7, 11) is 0. The molecule has 1 aliphatic carbocycles. The van der Waals surface area contributed by atoms with Crippen LogP contribution in [0.15, 0.2) is 54.9 Å². The van der Waals surface area contributed by atoms with E-state index in [1.807, 2.05) is 42.7 Å². The van der Waals surface area contributed by atoms with Crippen LogP contribution in [0.3, 0.4) is 0 Å². The molecule has 2 aromatic heterocycles. The minimum atomic E-state index is -0.243. The molecule has 2 heterocycles. The van der Waals surface area contributed by atoms with Crippen molar-refractivity contribution in [3.63, 3.8) is 0 Å². The number of para-hydroxylation sites is 1. The quantitative estimate of drug-likeness (QED) is 0.491. The van der Waals surface area contributed by atoms with E-state index >= 15 is 0 Å². The van der Waals surface area contributed by atoms with E-state index in [2.05, 4.69) is 15.3 Å². The molecule has 0 bridgehead atoms. The number of carbonyl (C=O) groups is 1. The average Bonchev–Trinajstić information content (AvgIpc) is 3.17. The molecule has 5 rings (SSSR count). The molecule has 1 aliphatic rings. The third kappa shape index (κ3) is 2.79. The Bertz CT molecular complexity index is 1150. The van der Waals surface area contributed by atoms with E-state index in [1.54, 1.807) is 0 Å². The maximum atomic E-state index is 13.4. The van der Waals surface area contributed by atoms with E-state index in [4.69, 9.17) is 0 Å². The van der Waals surface area contributed by atoms with Gasteiger partial charge in [0.2, 0.25) is 5.91 Å². The lowest BCUT2D eigenvalue weighted by Gasteiger charge is -2.16. The highest BCUT2D eigenvalue weighted by Gasteiger charge is 2.45. The van der Waals surface area contributed by atoms with Crippen molar-refractivity contribution in [3.05, 3.63) is 71.8 Å². The summed E-state index contributed by atoms with van der Waals surface area (Å²) in [5.41, 5.74) is 4.00. The molecular formula is C22H20FN3O. The molecule has 1 saturated carbocycles. The van der Waals surface area contributed by atoms with Gasteiger partial charge in [-0.25, -0.2) is 4.39 Å². The molecule has 1 fully saturated rings. The zero-order valence-corrected chi connectivity index (χ0v) is 14.8. The van der Waals surface area contributed by atoms with E-state index in [0.717, 1.165) is 40.2 Å². The normalized spacial score (nSPS) is 15.3. The lowest BCUT2D eigenvalue weighted by molar-refractivity contribution is -0.120. The number of amides is 1. The molecule has 2 aromatic carbocycles. The Morgan fingerprint density at radius 1 is 1.04 bits per heavy atom. The van der Waals surface area contributed by atoms with Gasteiger partial charge in [-0.15, -0.1) is 0 Å². The van der Waals surface area contributed by atoms with Crippen molar-refractivity contribution in [2.24, 2.45) is 0 Å². The zero-order valence-electron chi connectivity index (χ0n) is 14.8. The SMILES string of the molecule is O=C(Cc1c[nH]c2ccccc12)NCC1(c2c[nH]c3cc(F)ccc23)CC1. The van der Waals surface area contributed by atoms with Crippen LogP contribution >= 0.6 is 0 Å². The number of aromatic nitrogens is 2. The van der Waals surface area contributed by atoms with E-state index in [9.17, 15) is 9.18 Å². The first-order valence-corrected chi connectivity index (χ1v) is 9.23. The Morgan fingerprint density at radius 3 is 2.70 bits per heavy atom.